The maximum absolute atomic E-state index is 13.9. The van der Waals surface area contributed by atoms with E-state index in [1.165, 1.54) is 24.3 Å². The van der Waals surface area contributed by atoms with Gasteiger partial charge >= 0.3 is 7.12 Å². The number of rotatable bonds is 9. The van der Waals surface area contributed by atoms with E-state index in [4.69, 9.17) is 14.0 Å². The lowest BCUT2D eigenvalue weighted by Crippen LogP contribution is -2.41. The van der Waals surface area contributed by atoms with Crippen molar-refractivity contribution >= 4 is 30.0 Å². The predicted octanol–water partition coefficient (Wildman–Crippen LogP) is 5.17. The number of ether oxygens (including phenoxy) is 1. The average Bonchev–Trinajstić information content (AvgIpc) is 2.91. The maximum atomic E-state index is 13.9. The molecule has 0 N–H and O–H groups in total. The Kier molecular flexibility index (Phi) is 7.52. The van der Waals surface area contributed by atoms with Crippen LogP contribution in [-0.4, -0.2) is 35.6 Å². The van der Waals surface area contributed by atoms with Gasteiger partial charge in [0.15, 0.2) is 0 Å². The number of halogens is 1. The molecule has 1 saturated heterocycles. The summed E-state index contributed by atoms with van der Waals surface area (Å²) in [5.74, 6) is 0.894. The lowest BCUT2D eigenvalue weighted by molar-refractivity contribution is -0.385. The van der Waals surface area contributed by atoms with Crippen molar-refractivity contribution in [3.63, 3.8) is 0 Å². The van der Waals surface area contributed by atoms with Crippen LogP contribution in [-0.2, 0) is 9.31 Å². The van der Waals surface area contributed by atoms with Crippen LogP contribution in [0.3, 0.4) is 0 Å². The van der Waals surface area contributed by atoms with Crippen LogP contribution in [0, 0.1) is 22.9 Å². The molecule has 0 unspecified atom stereocenters. The molecule has 0 saturated carbocycles. The fourth-order valence-corrected chi connectivity index (χ4v) is 4.30. The van der Waals surface area contributed by atoms with Gasteiger partial charge in [0.25, 0.3) is 5.69 Å². The molecule has 1 fully saturated rings. The van der Waals surface area contributed by atoms with E-state index in [0.717, 1.165) is 29.0 Å². The monoisotopic (exact) mass is 460 g/mol. The van der Waals surface area contributed by atoms with Crippen molar-refractivity contribution in [2.75, 3.05) is 12.4 Å². The van der Waals surface area contributed by atoms with Gasteiger partial charge in [0, 0.05) is 11.0 Å². The Morgan fingerprint density at radius 3 is 2.47 bits per heavy atom. The predicted molar refractivity (Wildman–Crippen MR) is 125 cm³/mol. The van der Waals surface area contributed by atoms with E-state index in [-0.39, 0.29) is 11.5 Å². The normalized spacial score (nSPS) is 16.9. The zero-order valence-corrected chi connectivity index (χ0v) is 19.7. The number of hydrogen-bond acceptors (Lipinski definition) is 6. The SMILES string of the molecule is [CH2]c1cc(OCCCCSc2cc(F)ccc2B2OC(C)(C)C(C)(C)O2)cc([N+](=O)[O-])c1. The average molecular weight is 460 g/mol. The number of thioether (sulfide) groups is 1. The third-order valence-corrected chi connectivity index (χ3v) is 6.87. The van der Waals surface area contributed by atoms with Crippen LogP contribution >= 0.6 is 11.8 Å². The second-order valence-corrected chi connectivity index (χ2v) is 9.90. The first-order valence-corrected chi connectivity index (χ1v) is 11.5. The Bertz CT molecular complexity index is 969. The number of benzene rings is 2. The topological polar surface area (TPSA) is 70.8 Å². The highest BCUT2D eigenvalue weighted by Crippen LogP contribution is 2.37. The van der Waals surface area contributed by atoms with Crippen molar-refractivity contribution in [1.29, 1.82) is 0 Å². The lowest BCUT2D eigenvalue weighted by atomic mass is 9.79. The van der Waals surface area contributed by atoms with E-state index in [1.54, 1.807) is 23.9 Å². The van der Waals surface area contributed by atoms with Crippen LogP contribution in [0.4, 0.5) is 10.1 Å². The van der Waals surface area contributed by atoms with Crippen LogP contribution in [0.1, 0.15) is 46.1 Å². The largest absolute Gasteiger partial charge is 0.495 e. The molecule has 0 atom stereocenters. The summed E-state index contributed by atoms with van der Waals surface area (Å²) in [6.45, 7) is 12.1. The summed E-state index contributed by atoms with van der Waals surface area (Å²) in [7, 11) is -0.544. The third-order valence-electron chi connectivity index (χ3n) is 5.71. The highest BCUT2D eigenvalue weighted by molar-refractivity contribution is 7.99. The Balaban J connectivity index is 1.53. The smallest absolute Gasteiger partial charge is 0.493 e. The van der Waals surface area contributed by atoms with E-state index in [0.29, 0.717) is 17.9 Å². The summed E-state index contributed by atoms with van der Waals surface area (Å²) in [4.78, 5) is 11.3. The molecule has 0 amide bonds. The zero-order chi connectivity index (χ0) is 23.5. The summed E-state index contributed by atoms with van der Waals surface area (Å²) >= 11 is 1.55. The van der Waals surface area contributed by atoms with Gasteiger partial charge in [0.1, 0.15) is 11.6 Å². The van der Waals surface area contributed by atoms with Crippen molar-refractivity contribution in [2.24, 2.45) is 0 Å². The van der Waals surface area contributed by atoms with Crippen molar-refractivity contribution in [1.82, 2.24) is 0 Å². The van der Waals surface area contributed by atoms with Crippen molar-refractivity contribution in [2.45, 2.75) is 56.6 Å². The molecule has 0 aliphatic carbocycles. The minimum atomic E-state index is -0.544. The van der Waals surface area contributed by atoms with Gasteiger partial charge in [0.2, 0.25) is 0 Å². The fourth-order valence-electron chi connectivity index (χ4n) is 3.21. The summed E-state index contributed by atoms with van der Waals surface area (Å²) in [5, 5.41) is 10.9. The number of non-ortho nitro benzene ring substituents is 1. The van der Waals surface area contributed by atoms with Gasteiger partial charge < -0.3 is 14.0 Å². The Morgan fingerprint density at radius 2 is 1.81 bits per heavy atom. The van der Waals surface area contributed by atoms with Gasteiger partial charge in [-0.2, -0.15) is 0 Å². The molecular weight excluding hydrogens is 432 g/mol. The number of nitro benzene ring substituents is 1. The first-order chi connectivity index (χ1) is 15.0. The molecule has 32 heavy (non-hydrogen) atoms. The standard InChI is InChI=1S/C23H28BFNO5S/c1-16-12-18(26(27)28)15-19(13-16)29-10-6-7-11-32-21-14-17(25)8-9-20(21)24-30-22(2,3)23(4,5)31-24/h8-9,12-15H,1,6-7,10-11H2,2-5H3. The van der Waals surface area contributed by atoms with Gasteiger partial charge in [-0.25, -0.2) is 4.39 Å². The third kappa shape index (κ3) is 5.82. The summed E-state index contributed by atoms with van der Waals surface area (Å²) < 4.78 is 31.8. The van der Waals surface area contributed by atoms with Gasteiger partial charge in [-0.1, -0.05) is 6.07 Å². The summed E-state index contributed by atoms with van der Waals surface area (Å²) in [6, 6.07) is 9.13. The lowest BCUT2D eigenvalue weighted by Gasteiger charge is -2.32. The van der Waals surface area contributed by atoms with Gasteiger partial charge in [-0.3, -0.25) is 10.1 Å². The van der Waals surface area contributed by atoms with E-state index < -0.39 is 23.2 Å². The van der Waals surface area contributed by atoms with Gasteiger partial charge in [0.05, 0.1) is 28.8 Å². The first-order valence-electron chi connectivity index (χ1n) is 10.5. The highest BCUT2D eigenvalue weighted by atomic mass is 32.2. The van der Waals surface area contributed by atoms with Crippen LogP contribution < -0.4 is 10.2 Å². The minimum absolute atomic E-state index is 0.0376. The number of hydrogen-bond donors (Lipinski definition) is 0. The molecule has 2 aromatic rings. The molecule has 6 nitrogen and oxygen atoms in total. The second-order valence-electron chi connectivity index (χ2n) is 8.77. The fraction of sp³-hybridized carbons (Fsp3) is 0.435. The molecule has 1 aliphatic heterocycles. The van der Waals surface area contributed by atoms with Crippen molar-refractivity contribution in [3.05, 3.63) is 64.8 Å². The molecule has 0 spiro atoms. The number of nitrogens with zero attached hydrogens (tertiary/aromatic N) is 1. The molecule has 0 aromatic heterocycles. The number of unbranched alkanes of at least 4 members (excludes halogenated alkanes) is 1. The summed E-state index contributed by atoms with van der Waals surface area (Å²) in [6.07, 6.45) is 1.58. The van der Waals surface area contributed by atoms with E-state index in [2.05, 4.69) is 6.92 Å². The van der Waals surface area contributed by atoms with Crippen molar-refractivity contribution in [3.8, 4) is 5.75 Å². The molecule has 171 valence electrons. The minimum Gasteiger partial charge on any atom is -0.493 e. The maximum Gasteiger partial charge on any atom is 0.495 e. The molecule has 1 radical (unpaired) electrons. The molecule has 0 bridgehead atoms. The molecular formula is C23H28BFNO5S. The van der Waals surface area contributed by atoms with E-state index in [1.807, 2.05) is 27.7 Å². The number of nitro groups is 1. The van der Waals surface area contributed by atoms with Gasteiger partial charge in [-0.05, 0) is 82.4 Å². The Morgan fingerprint density at radius 1 is 1.12 bits per heavy atom. The summed E-state index contributed by atoms with van der Waals surface area (Å²) in [5.41, 5.74) is 0.388. The molecule has 1 aliphatic rings. The quantitative estimate of drug-likeness (QED) is 0.169. The molecule has 2 aromatic carbocycles. The first kappa shape index (κ1) is 24.5. The highest BCUT2D eigenvalue weighted by Gasteiger charge is 2.52. The molecule has 9 heteroatoms. The van der Waals surface area contributed by atoms with E-state index in [9.17, 15) is 14.5 Å². The van der Waals surface area contributed by atoms with Crippen LogP contribution in [0.5, 0.6) is 5.75 Å². The van der Waals surface area contributed by atoms with Crippen LogP contribution in [0.2, 0.25) is 0 Å². The molecule has 3 rings (SSSR count). The Hall–Kier alpha value is -2.10. The van der Waals surface area contributed by atoms with Gasteiger partial charge in [-0.15, -0.1) is 11.8 Å². The van der Waals surface area contributed by atoms with Crippen molar-refractivity contribution < 1.29 is 23.4 Å². The second kappa shape index (κ2) is 9.81. The molecule has 1 heterocycles. The van der Waals surface area contributed by atoms with Crippen LogP contribution in [0.25, 0.3) is 0 Å². The Labute approximate surface area is 193 Å². The zero-order valence-electron chi connectivity index (χ0n) is 18.9. The van der Waals surface area contributed by atoms with E-state index >= 15 is 0 Å². The van der Waals surface area contributed by atoms with Crippen LogP contribution in [0.15, 0.2) is 41.3 Å².